The molecule has 0 amide bonds. The molecule has 73 heavy (non-hydrogen) atoms. The van der Waals surface area contributed by atoms with Gasteiger partial charge < -0.3 is 14.2 Å². The molecule has 6 nitrogen and oxygen atoms in total. The zero-order valence-corrected chi connectivity index (χ0v) is 48.1. The highest BCUT2D eigenvalue weighted by Gasteiger charge is 2.19. The summed E-state index contributed by atoms with van der Waals surface area (Å²) >= 11 is 0. The summed E-state index contributed by atoms with van der Waals surface area (Å²) in [5.74, 6) is -0.893. The lowest BCUT2D eigenvalue weighted by molar-refractivity contribution is -0.167. The van der Waals surface area contributed by atoms with Gasteiger partial charge in [0.25, 0.3) is 0 Å². The van der Waals surface area contributed by atoms with Gasteiger partial charge in [-0.15, -0.1) is 0 Å². The Kier molecular flexibility index (Phi) is 58.3. The van der Waals surface area contributed by atoms with Crippen LogP contribution in [0.15, 0.2) is 85.1 Å². The first-order valence-electron chi connectivity index (χ1n) is 31.1. The molecule has 6 heteroatoms. The molecular weight excluding hydrogens is 901 g/mol. The largest absolute Gasteiger partial charge is 0.462 e. The van der Waals surface area contributed by atoms with Crippen LogP contribution < -0.4 is 0 Å². The maximum Gasteiger partial charge on any atom is 0.306 e. The molecular formula is C67H116O6. The average Bonchev–Trinajstić information content (AvgIpc) is 3.39. The number of esters is 3. The quantitative estimate of drug-likeness (QED) is 0.0261. The number of hydrogen-bond acceptors (Lipinski definition) is 6. The molecule has 0 spiro atoms. The Morgan fingerprint density at radius 1 is 0.288 bits per heavy atom. The Hall–Kier alpha value is -3.41. The number of rotatable bonds is 56. The number of hydrogen-bond donors (Lipinski definition) is 0. The van der Waals surface area contributed by atoms with Crippen LogP contribution in [0.2, 0.25) is 0 Å². The van der Waals surface area contributed by atoms with Crippen molar-refractivity contribution in [2.75, 3.05) is 13.2 Å². The molecule has 0 rings (SSSR count). The third kappa shape index (κ3) is 59.3. The van der Waals surface area contributed by atoms with Gasteiger partial charge in [-0.1, -0.05) is 260 Å². The van der Waals surface area contributed by atoms with Gasteiger partial charge in [-0.2, -0.15) is 0 Å². The summed E-state index contributed by atoms with van der Waals surface area (Å²) < 4.78 is 16.9. The van der Waals surface area contributed by atoms with Crippen molar-refractivity contribution in [3.05, 3.63) is 85.1 Å². The summed E-state index contributed by atoms with van der Waals surface area (Å²) in [6.07, 6.45) is 80.1. The second-order valence-electron chi connectivity index (χ2n) is 20.6. The van der Waals surface area contributed by atoms with Crippen LogP contribution >= 0.6 is 0 Å². The first-order chi connectivity index (χ1) is 36.0. The van der Waals surface area contributed by atoms with Crippen molar-refractivity contribution >= 4 is 17.9 Å². The Labute approximate surface area is 452 Å². The van der Waals surface area contributed by atoms with Crippen LogP contribution in [0.1, 0.15) is 303 Å². The minimum absolute atomic E-state index is 0.0825. The summed E-state index contributed by atoms with van der Waals surface area (Å²) in [6.45, 7) is 6.47. The van der Waals surface area contributed by atoms with Crippen molar-refractivity contribution in [2.24, 2.45) is 0 Å². The smallest absolute Gasteiger partial charge is 0.306 e. The summed E-state index contributed by atoms with van der Waals surface area (Å²) in [4.78, 5) is 38.2. The highest BCUT2D eigenvalue weighted by Crippen LogP contribution is 2.16. The molecule has 0 saturated heterocycles. The maximum atomic E-state index is 12.9. The molecule has 0 radical (unpaired) electrons. The number of unbranched alkanes of at least 4 members (excludes halogenated alkanes) is 31. The molecule has 1 atom stereocenters. The second kappa shape index (κ2) is 61.1. The molecule has 0 aromatic carbocycles. The van der Waals surface area contributed by atoms with Crippen molar-refractivity contribution < 1.29 is 28.6 Å². The maximum absolute atomic E-state index is 12.9. The monoisotopic (exact) mass is 1020 g/mol. The molecule has 420 valence electrons. The highest BCUT2D eigenvalue weighted by atomic mass is 16.6. The van der Waals surface area contributed by atoms with Gasteiger partial charge in [0.15, 0.2) is 6.10 Å². The minimum atomic E-state index is -0.786. The van der Waals surface area contributed by atoms with Gasteiger partial charge in [0, 0.05) is 19.3 Å². The third-order valence-electron chi connectivity index (χ3n) is 13.3. The predicted octanol–water partition coefficient (Wildman–Crippen LogP) is 21.1. The summed E-state index contributed by atoms with van der Waals surface area (Å²) in [5.41, 5.74) is 0. The van der Waals surface area contributed by atoms with E-state index >= 15 is 0 Å². The molecule has 0 aromatic rings. The van der Waals surface area contributed by atoms with Gasteiger partial charge >= 0.3 is 17.9 Å². The first kappa shape index (κ1) is 69.6. The van der Waals surface area contributed by atoms with Crippen LogP contribution in [0.4, 0.5) is 0 Å². The van der Waals surface area contributed by atoms with E-state index in [1.807, 2.05) is 0 Å². The van der Waals surface area contributed by atoms with E-state index in [9.17, 15) is 14.4 Å². The van der Waals surface area contributed by atoms with Crippen LogP contribution in [0.5, 0.6) is 0 Å². The van der Waals surface area contributed by atoms with Crippen LogP contribution in [-0.2, 0) is 28.6 Å². The number of carbonyl (C=O) groups is 3. The van der Waals surface area contributed by atoms with E-state index in [-0.39, 0.29) is 31.1 Å². The fraction of sp³-hybridized carbons (Fsp3) is 0.746. The van der Waals surface area contributed by atoms with Crippen molar-refractivity contribution in [1.82, 2.24) is 0 Å². The summed E-state index contributed by atoms with van der Waals surface area (Å²) in [5, 5.41) is 0. The standard InChI is InChI=1S/C67H116O6/c1-4-7-10-13-16-19-22-25-27-29-30-31-32-33-34-35-36-38-39-42-45-48-51-54-57-60-66(69)72-63-64(62-71-65(68)59-56-53-50-47-44-41-24-21-18-15-12-9-6-3)73-67(70)61-58-55-52-49-46-43-40-37-28-26-23-20-17-14-11-8-5-2/h7,10,12,15-16,19,21,24-28,30-31,64H,4-6,8-9,11,13-14,17-18,20,22-23,29,32-63H2,1-3H3/b10-7-,15-12-,19-16-,24-21-,27-25-,28-26-,31-30-. The Bertz CT molecular complexity index is 1400. The Morgan fingerprint density at radius 2 is 0.562 bits per heavy atom. The van der Waals surface area contributed by atoms with Gasteiger partial charge in [-0.05, 0) is 109 Å². The first-order valence-corrected chi connectivity index (χ1v) is 31.1. The van der Waals surface area contributed by atoms with Gasteiger partial charge in [0.1, 0.15) is 13.2 Å². The van der Waals surface area contributed by atoms with Crippen molar-refractivity contribution in [2.45, 2.75) is 309 Å². The number of ether oxygens (including phenoxy) is 3. The normalized spacial score (nSPS) is 12.6. The van der Waals surface area contributed by atoms with E-state index in [4.69, 9.17) is 14.2 Å². The van der Waals surface area contributed by atoms with E-state index in [1.165, 1.54) is 154 Å². The molecule has 1 unspecified atom stereocenters. The van der Waals surface area contributed by atoms with Crippen molar-refractivity contribution in [3.8, 4) is 0 Å². The van der Waals surface area contributed by atoms with E-state index < -0.39 is 6.10 Å². The molecule has 0 aliphatic rings. The predicted molar refractivity (Wildman–Crippen MR) is 316 cm³/mol. The highest BCUT2D eigenvalue weighted by molar-refractivity contribution is 5.71. The van der Waals surface area contributed by atoms with E-state index in [1.54, 1.807) is 0 Å². The number of allylic oxidation sites excluding steroid dienone is 14. The van der Waals surface area contributed by atoms with Gasteiger partial charge in [0.2, 0.25) is 0 Å². The summed E-state index contributed by atoms with van der Waals surface area (Å²) in [7, 11) is 0. The Balaban J connectivity index is 4.30. The molecule has 0 N–H and O–H groups in total. The fourth-order valence-electron chi connectivity index (χ4n) is 8.70. The topological polar surface area (TPSA) is 78.9 Å². The zero-order chi connectivity index (χ0) is 52.9. The third-order valence-corrected chi connectivity index (χ3v) is 13.3. The average molecular weight is 1020 g/mol. The van der Waals surface area contributed by atoms with Crippen LogP contribution in [-0.4, -0.2) is 37.2 Å². The zero-order valence-electron chi connectivity index (χ0n) is 48.1. The lowest BCUT2D eigenvalue weighted by Crippen LogP contribution is -2.30. The summed E-state index contributed by atoms with van der Waals surface area (Å²) in [6, 6.07) is 0. The van der Waals surface area contributed by atoms with Crippen LogP contribution in [0.25, 0.3) is 0 Å². The molecule has 0 aromatic heterocycles. The molecule has 0 fully saturated rings. The van der Waals surface area contributed by atoms with Gasteiger partial charge in [0.05, 0.1) is 0 Å². The molecule has 0 aliphatic heterocycles. The van der Waals surface area contributed by atoms with Gasteiger partial charge in [-0.25, -0.2) is 0 Å². The van der Waals surface area contributed by atoms with Gasteiger partial charge in [-0.3, -0.25) is 14.4 Å². The van der Waals surface area contributed by atoms with E-state index in [0.29, 0.717) is 19.3 Å². The van der Waals surface area contributed by atoms with Crippen LogP contribution in [0.3, 0.4) is 0 Å². The Morgan fingerprint density at radius 3 is 0.904 bits per heavy atom. The minimum Gasteiger partial charge on any atom is -0.462 e. The second-order valence-corrected chi connectivity index (χ2v) is 20.6. The van der Waals surface area contributed by atoms with E-state index in [2.05, 4.69) is 106 Å². The fourth-order valence-corrected chi connectivity index (χ4v) is 8.70. The molecule has 0 saturated carbocycles. The molecule has 0 heterocycles. The van der Waals surface area contributed by atoms with Crippen molar-refractivity contribution in [1.29, 1.82) is 0 Å². The molecule has 0 bridgehead atoms. The molecule has 0 aliphatic carbocycles. The van der Waals surface area contributed by atoms with Crippen LogP contribution in [0, 0.1) is 0 Å². The lowest BCUT2D eigenvalue weighted by atomic mass is 10.0. The SMILES string of the molecule is CC/C=C\C/C=C\C/C=C\C/C=C\CCCCCCCCCCCCCCC(=O)OCC(COC(=O)CCCCCCC/C=C\C/C=C\CCC)OC(=O)CCCCCCCCC/C=C\CCCCCCCC. The number of carbonyl (C=O) groups excluding carboxylic acids is 3. The van der Waals surface area contributed by atoms with E-state index in [0.717, 1.165) is 109 Å². The van der Waals surface area contributed by atoms with Crippen molar-refractivity contribution in [3.63, 3.8) is 0 Å². The lowest BCUT2D eigenvalue weighted by Gasteiger charge is -2.18.